The van der Waals surface area contributed by atoms with E-state index >= 15 is 0 Å². The van der Waals surface area contributed by atoms with Crippen LogP contribution in [0.2, 0.25) is 0 Å². The Labute approximate surface area is 97.7 Å². The zero-order valence-corrected chi connectivity index (χ0v) is 10.7. The number of esters is 1. The van der Waals surface area contributed by atoms with E-state index in [1.54, 1.807) is 0 Å². The molecule has 0 rings (SSSR count). The highest BCUT2D eigenvalue weighted by Gasteiger charge is 2.11. The zero-order valence-electron chi connectivity index (χ0n) is 10.7. The van der Waals surface area contributed by atoms with Gasteiger partial charge >= 0.3 is 5.97 Å². The van der Waals surface area contributed by atoms with Crippen LogP contribution in [0.1, 0.15) is 20.3 Å². The van der Waals surface area contributed by atoms with Gasteiger partial charge in [0.05, 0.1) is 13.7 Å². The molecule has 0 spiro atoms. The second-order valence-electron chi connectivity index (χ2n) is 3.44. The number of hydrogen-bond acceptors (Lipinski definition) is 5. The van der Waals surface area contributed by atoms with Crippen molar-refractivity contribution in [1.29, 1.82) is 0 Å². The van der Waals surface area contributed by atoms with E-state index in [4.69, 9.17) is 9.47 Å². The van der Waals surface area contributed by atoms with Gasteiger partial charge in [0.1, 0.15) is 0 Å². The first-order valence-electron chi connectivity index (χ1n) is 5.62. The summed E-state index contributed by atoms with van der Waals surface area (Å²) in [6.07, 6.45) is 0.560. The average molecular weight is 233 g/mol. The Morgan fingerprint density at radius 2 is 1.81 bits per heavy atom. The molecule has 0 saturated heterocycles. The van der Waals surface area contributed by atoms with Gasteiger partial charge in [0.2, 0.25) is 0 Å². The molecule has 0 aromatic rings. The molecule has 5 heteroatoms. The Kier molecular flexibility index (Phi) is 9.18. The molecule has 0 fully saturated rings. The van der Waals surface area contributed by atoms with Crippen LogP contribution in [0.3, 0.4) is 0 Å². The largest absolute Gasteiger partial charge is 0.468 e. The highest BCUT2D eigenvalue weighted by atomic mass is 16.7. The molecule has 0 aromatic carbocycles. The maximum absolute atomic E-state index is 11.0. The number of carbonyl (C=O) groups is 1. The van der Waals surface area contributed by atoms with Crippen molar-refractivity contribution in [1.82, 2.24) is 4.90 Å². The monoisotopic (exact) mass is 233 g/mol. The summed E-state index contributed by atoms with van der Waals surface area (Å²) in [7, 11) is 3.26. The molecule has 0 aliphatic carbocycles. The quantitative estimate of drug-likeness (QED) is 0.437. The minimum Gasteiger partial charge on any atom is -0.468 e. The smallest absolute Gasteiger partial charge is 0.319 e. The molecule has 0 atom stereocenters. The van der Waals surface area contributed by atoms with Crippen molar-refractivity contribution in [2.45, 2.75) is 26.6 Å². The molecule has 0 aliphatic heterocycles. The number of hydrogen-bond donors (Lipinski definition) is 0. The number of rotatable bonds is 9. The number of methoxy groups -OCH3 is 1. The van der Waals surface area contributed by atoms with Gasteiger partial charge in [-0.1, -0.05) is 0 Å². The Balaban J connectivity index is 3.76. The van der Waals surface area contributed by atoms with E-state index in [1.807, 2.05) is 25.8 Å². The first-order chi connectivity index (χ1) is 7.63. The van der Waals surface area contributed by atoms with Gasteiger partial charge in [-0.3, -0.25) is 9.69 Å². The van der Waals surface area contributed by atoms with Crippen molar-refractivity contribution in [3.8, 4) is 0 Å². The maximum atomic E-state index is 11.0. The van der Waals surface area contributed by atoms with Crippen LogP contribution in [-0.4, -0.2) is 57.6 Å². The van der Waals surface area contributed by atoms with Crippen molar-refractivity contribution in [2.75, 3.05) is 40.5 Å². The molecular weight excluding hydrogens is 210 g/mol. The molecule has 5 nitrogen and oxygen atoms in total. The van der Waals surface area contributed by atoms with Crippen LogP contribution in [-0.2, 0) is 19.0 Å². The summed E-state index contributed by atoms with van der Waals surface area (Å²) < 4.78 is 15.4. The van der Waals surface area contributed by atoms with E-state index in [0.29, 0.717) is 19.8 Å². The zero-order chi connectivity index (χ0) is 12.4. The Morgan fingerprint density at radius 1 is 1.25 bits per heavy atom. The lowest BCUT2D eigenvalue weighted by Crippen LogP contribution is -2.31. The summed E-state index contributed by atoms with van der Waals surface area (Å²) in [5, 5.41) is 0. The van der Waals surface area contributed by atoms with Crippen molar-refractivity contribution in [3.05, 3.63) is 0 Å². The fourth-order valence-electron chi connectivity index (χ4n) is 1.28. The third-order valence-electron chi connectivity index (χ3n) is 2.08. The summed E-state index contributed by atoms with van der Waals surface area (Å²) >= 11 is 0. The van der Waals surface area contributed by atoms with Gasteiger partial charge in [0.15, 0.2) is 6.29 Å². The van der Waals surface area contributed by atoms with Crippen LogP contribution < -0.4 is 0 Å². The summed E-state index contributed by atoms with van der Waals surface area (Å²) in [6.45, 7) is 6.16. The van der Waals surface area contributed by atoms with Gasteiger partial charge in [0, 0.05) is 26.2 Å². The van der Waals surface area contributed by atoms with Crippen molar-refractivity contribution >= 4 is 5.97 Å². The van der Waals surface area contributed by atoms with Gasteiger partial charge in [0.25, 0.3) is 0 Å². The van der Waals surface area contributed by atoms with Crippen molar-refractivity contribution in [3.63, 3.8) is 0 Å². The second-order valence-corrected chi connectivity index (χ2v) is 3.44. The maximum Gasteiger partial charge on any atom is 0.319 e. The van der Waals surface area contributed by atoms with Crippen LogP contribution in [0.5, 0.6) is 0 Å². The third kappa shape index (κ3) is 7.62. The van der Waals surface area contributed by atoms with E-state index in [2.05, 4.69) is 4.74 Å². The molecule has 16 heavy (non-hydrogen) atoms. The normalized spacial score (nSPS) is 11.1. The average Bonchev–Trinajstić information content (AvgIpc) is 2.26. The molecule has 0 saturated carbocycles. The Morgan fingerprint density at radius 3 is 2.25 bits per heavy atom. The van der Waals surface area contributed by atoms with Crippen molar-refractivity contribution in [2.24, 2.45) is 0 Å². The number of likely N-dealkylation sites (N-methyl/N-ethyl adjacent to an activating group) is 1. The van der Waals surface area contributed by atoms with E-state index in [0.717, 1.165) is 13.0 Å². The van der Waals surface area contributed by atoms with Gasteiger partial charge in [-0.25, -0.2) is 0 Å². The molecule has 0 aliphatic rings. The molecule has 0 bridgehead atoms. The molecule has 0 amide bonds. The summed E-state index contributed by atoms with van der Waals surface area (Å²) in [5.74, 6) is -0.230. The topological polar surface area (TPSA) is 48.0 Å². The number of carbonyl (C=O) groups excluding carboxylic acids is 1. The third-order valence-corrected chi connectivity index (χ3v) is 2.08. The van der Waals surface area contributed by atoms with Crippen LogP contribution in [0.15, 0.2) is 0 Å². The fourth-order valence-corrected chi connectivity index (χ4v) is 1.28. The molecular formula is C11H23NO4. The SMILES string of the molecule is CCOC(CCN(C)CC(=O)OC)OCC. The summed E-state index contributed by atoms with van der Waals surface area (Å²) in [4.78, 5) is 12.9. The van der Waals surface area contributed by atoms with Crippen LogP contribution in [0.4, 0.5) is 0 Å². The fraction of sp³-hybridized carbons (Fsp3) is 0.909. The van der Waals surface area contributed by atoms with E-state index in [-0.39, 0.29) is 12.3 Å². The standard InChI is InChI=1S/C11H23NO4/c1-5-15-11(16-6-2)7-8-12(3)9-10(13)14-4/h11H,5-9H2,1-4H3. The first kappa shape index (κ1) is 15.3. The van der Waals surface area contributed by atoms with Gasteiger partial charge < -0.3 is 14.2 Å². The lowest BCUT2D eigenvalue weighted by molar-refractivity contribution is -0.146. The lowest BCUT2D eigenvalue weighted by Gasteiger charge is -2.20. The predicted molar refractivity (Wildman–Crippen MR) is 61.2 cm³/mol. The van der Waals surface area contributed by atoms with Crippen molar-refractivity contribution < 1.29 is 19.0 Å². The predicted octanol–water partition coefficient (Wildman–Crippen LogP) is 0.880. The minimum absolute atomic E-state index is 0.185. The second kappa shape index (κ2) is 9.57. The van der Waals surface area contributed by atoms with Crippen LogP contribution >= 0.6 is 0 Å². The van der Waals surface area contributed by atoms with Gasteiger partial charge in [-0.15, -0.1) is 0 Å². The van der Waals surface area contributed by atoms with E-state index in [9.17, 15) is 4.79 Å². The highest BCUT2D eigenvalue weighted by molar-refractivity contribution is 5.71. The van der Waals surface area contributed by atoms with E-state index in [1.165, 1.54) is 7.11 Å². The minimum atomic E-state index is -0.230. The number of nitrogens with zero attached hydrogens (tertiary/aromatic N) is 1. The van der Waals surface area contributed by atoms with Gasteiger partial charge in [-0.2, -0.15) is 0 Å². The molecule has 0 heterocycles. The number of ether oxygens (including phenoxy) is 3. The molecule has 96 valence electrons. The highest BCUT2D eigenvalue weighted by Crippen LogP contribution is 2.02. The first-order valence-corrected chi connectivity index (χ1v) is 5.62. The molecule has 0 radical (unpaired) electrons. The summed E-state index contributed by atoms with van der Waals surface area (Å²) in [6, 6.07) is 0. The molecule has 0 N–H and O–H groups in total. The Bertz CT molecular complexity index is 181. The van der Waals surface area contributed by atoms with Gasteiger partial charge in [-0.05, 0) is 20.9 Å². The molecule has 0 aromatic heterocycles. The lowest BCUT2D eigenvalue weighted by atomic mass is 10.3. The van der Waals surface area contributed by atoms with Crippen LogP contribution in [0, 0.1) is 0 Å². The summed E-state index contributed by atoms with van der Waals surface area (Å²) in [5.41, 5.74) is 0. The van der Waals surface area contributed by atoms with E-state index < -0.39 is 0 Å². The Hall–Kier alpha value is -0.650. The van der Waals surface area contributed by atoms with Crippen LogP contribution in [0.25, 0.3) is 0 Å². The molecule has 0 unspecified atom stereocenters.